The summed E-state index contributed by atoms with van der Waals surface area (Å²) in [6, 6.07) is 4.90. The van der Waals surface area contributed by atoms with Gasteiger partial charge in [-0.25, -0.2) is 4.39 Å². The average Bonchev–Trinajstić information content (AvgIpc) is 2.35. The van der Waals surface area contributed by atoms with E-state index < -0.39 is 0 Å². The highest BCUT2D eigenvalue weighted by molar-refractivity contribution is 6.30. The SMILES string of the molecule is NC(CO)CCN1CC(Cc2ccc(Cl)c(F)c2)C1. The molecule has 1 heterocycles. The molecule has 2 rings (SSSR count). The van der Waals surface area contributed by atoms with E-state index in [1.165, 1.54) is 6.07 Å². The summed E-state index contributed by atoms with van der Waals surface area (Å²) in [6.45, 7) is 3.00. The number of likely N-dealkylation sites (tertiary alicyclic amines) is 1. The molecule has 0 aromatic heterocycles. The maximum atomic E-state index is 13.3. The van der Waals surface area contributed by atoms with Crippen molar-refractivity contribution >= 4 is 11.6 Å². The molecule has 0 aliphatic carbocycles. The van der Waals surface area contributed by atoms with E-state index in [1.807, 2.05) is 6.07 Å². The Bertz CT molecular complexity index is 424. The number of nitrogens with zero attached hydrogens (tertiary/aromatic N) is 1. The zero-order valence-electron chi connectivity index (χ0n) is 10.9. The third-order valence-corrected chi connectivity index (χ3v) is 3.90. The summed E-state index contributed by atoms with van der Waals surface area (Å²) in [4.78, 5) is 2.31. The van der Waals surface area contributed by atoms with Gasteiger partial charge in [0, 0.05) is 19.1 Å². The highest BCUT2D eigenvalue weighted by atomic mass is 35.5. The van der Waals surface area contributed by atoms with E-state index in [0.29, 0.717) is 5.92 Å². The fourth-order valence-corrected chi connectivity index (χ4v) is 2.55. The Kier molecular flexibility index (Phi) is 5.16. The molecule has 1 fully saturated rings. The Hall–Kier alpha value is -0.680. The number of rotatable bonds is 6. The highest BCUT2D eigenvalue weighted by Gasteiger charge is 2.26. The van der Waals surface area contributed by atoms with Crippen molar-refractivity contribution in [2.45, 2.75) is 18.9 Å². The molecule has 0 saturated carbocycles. The molecule has 3 N–H and O–H groups in total. The van der Waals surface area contributed by atoms with Crippen molar-refractivity contribution in [1.29, 1.82) is 0 Å². The standard InChI is InChI=1S/C14H20ClFN2O/c15-13-2-1-10(6-14(13)16)5-11-7-18(8-11)4-3-12(17)9-19/h1-2,6,11-12,19H,3-5,7-9,17H2. The molecule has 106 valence electrons. The van der Waals surface area contributed by atoms with Crippen LogP contribution in [0, 0.1) is 11.7 Å². The Labute approximate surface area is 118 Å². The number of hydrogen-bond donors (Lipinski definition) is 2. The van der Waals surface area contributed by atoms with Crippen molar-refractivity contribution in [3.63, 3.8) is 0 Å². The van der Waals surface area contributed by atoms with Gasteiger partial charge in [-0.2, -0.15) is 0 Å². The minimum Gasteiger partial charge on any atom is -0.395 e. The quantitative estimate of drug-likeness (QED) is 0.836. The van der Waals surface area contributed by atoms with Crippen LogP contribution in [0.4, 0.5) is 4.39 Å². The molecule has 1 aliphatic rings. The summed E-state index contributed by atoms with van der Waals surface area (Å²) in [5.41, 5.74) is 6.66. The van der Waals surface area contributed by atoms with Crippen LogP contribution in [0.15, 0.2) is 18.2 Å². The summed E-state index contributed by atoms with van der Waals surface area (Å²) < 4.78 is 13.3. The first kappa shape index (κ1) is 14.7. The van der Waals surface area contributed by atoms with E-state index in [4.69, 9.17) is 22.4 Å². The van der Waals surface area contributed by atoms with E-state index in [0.717, 1.165) is 38.0 Å². The van der Waals surface area contributed by atoms with E-state index in [2.05, 4.69) is 4.90 Å². The third-order valence-electron chi connectivity index (χ3n) is 3.59. The van der Waals surface area contributed by atoms with Crippen LogP contribution in [-0.2, 0) is 6.42 Å². The van der Waals surface area contributed by atoms with E-state index >= 15 is 0 Å². The molecular weight excluding hydrogens is 267 g/mol. The summed E-state index contributed by atoms with van der Waals surface area (Å²) in [5, 5.41) is 9.02. The van der Waals surface area contributed by atoms with E-state index in [1.54, 1.807) is 6.07 Å². The number of halogens is 2. The van der Waals surface area contributed by atoms with E-state index in [9.17, 15) is 4.39 Å². The van der Waals surface area contributed by atoms with Gasteiger partial charge in [-0.05, 0) is 43.0 Å². The largest absolute Gasteiger partial charge is 0.395 e. The average molecular weight is 287 g/mol. The van der Waals surface area contributed by atoms with Gasteiger partial charge in [0.1, 0.15) is 5.82 Å². The van der Waals surface area contributed by atoms with Crippen LogP contribution in [-0.4, -0.2) is 42.3 Å². The van der Waals surface area contributed by atoms with Crippen LogP contribution >= 0.6 is 11.6 Å². The maximum absolute atomic E-state index is 13.3. The summed E-state index contributed by atoms with van der Waals surface area (Å²) in [6.07, 6.45) is 1.70. The second-order valence-electron chi connectivity index (χ2n) is 5.31. The molecule has 1 aromatic rings. The molecule has 1 atom stereocenters. The lowest BCUT2D eigenvalue weighted by atomic mass is 9.92. The van der Waals surface area contributed by atoms with Crippen molar-refractivity contribution < 1.29 is 9.50 Å². The molecule has 1 saturated heterocycles. The van der Waals surface area contributed by atoms with Crippen molar-refractivity contribution in [1.82, 2.24) is 4.90 Å². The van der Waals surface area contributed by atoms with Crippen LogP contribution in [0.25, 0.3) is 0 Å². The van der Waals surface area contributed by atoms with Gasteiger partial charge in [-0.1, -0.05) is 17.7 Å². The summed E-state index contributed by atoms with van der Waals surface area (Å²) in [5.74, 6) is 0.232. The molecule has 0 amide bonds. The highest BCUT2D eigenvalue weighted by Crippen LogP contribution is 2.23. The Morgan fingerprint density at radius 3 is 2.84 bits per heavy atom. The number of aliphatic hydroxyl groups excluding tert-OH is 1. The van der Waals surface area contributed by atoms with Crippen LogP contribution in [0.3, 0.4) is 0 Å². The predicted octanol–water partition coefficient (Wildman–Crippen LogP) is 1.66. The minimum atomic E-state index is -0.343. The molecule has 1 aliphatic heterocycles. The Balaban J connectivity index is 1.71. The van der Waals surface area contributed by atoms with Crippen molar-refractivity contribution in [2.75, 3.05) is 26.2 Å². The topological polar surface area (TPSA) is 49.5 Å². The maximum Gasteiger partial charge on any atom is 0.142 e. The zero-order valence-corrected chi connectivity index (χ0v) is 11.6. The fourth-order valence-electron chi connectivity index (χ4n) is 2.43. The van der Waals surface area contributed by atoms with Gasteiger partial charge in [0.25, 0.3) is 0 Å². The van der Waals surface area contributed by atoms with Crippen molar-refractivity contribution in [2.24, 2.45) is 11.7 Å². The van der Waals surface area contributed by atoms with Crippen LogP contribution in [0.1, 0.15) is 12.0 Å². The third kappa shape index (κ3) is 4.14. The normalized spacial score (nSPS) is 18.3. The number of hydrogen-bond acceptors (Lipinski definition) is 3. The van der Waals surface area contributed by atoms with Gasteiger partial charge in [0.2, 0.25) is 0 Å². The fraction of sp³-hybridized carbons (Fsp3) is 0.571. The molecule has 5 heteroatoms. The lowest BCUT2D eigenvalue weighted by Gasteiger charge is -2.40. The van der Waals surface area contributed by atoms with Crippen molar-refractivity contribution in [3.05, 3.63) is 34.6 Å². The van der Waals surface area contributed by atoms with Crippen LogP contribution in [0.2, 0.25) is 5.02 Å². The zero-order chi connectivity index (χ0) is 13.8. The number of benzene rings is 1. The van der Waals surface area contributed by atoms with Crippen molar-refractivity contribution in [3.8, 4) is 0 Å². The first-order valence-corrected chi connectivity index (χ1v) is 6.99. The molecule has 1 unspecified atom stereocenters. The molecule has 0 radical (unpaired) electrons. The first-order valence-electron chi connectivity index (χ1n) is 6.61. The van der Waals surface area contributed by atoms with Gasteiger partial charge in [0.05, 0.1) is 11.6 Å². The first-order chi connectivity index (χ1) is 9.08. The summed E-state index contributed by atoms with van der Waals surface area (Å²) >= 11 is 5.66. The summed E-state index contributed by atoms with van der Waals surface area (Å²) in [7, 11) is 0. The molecule has 19 heavy (non-hydrogen) atoms. The number of aliphatic hydroxyl groups is 1. The van der Waals surface area contributed by atoms with E-state index in [-0.39, 0.29) is 23.5 Å². The molecular formula is C14H20ClFN2O. The molecule has 3 nitrogen and oxygen atoms in total. The Morgan fingerprint density at radius 1 is 1.47 bits per heavy atom. The van der Waals surface area contributed by atoms with Gasteiger partial charge in [-0.15, -0.1) is 0 Å². The second kappa shape index (κ2) is 6.66. The minimum absolute atomic E-state index is 0.0430. The molecule has 0 spiro atoms. The van der Waals surface area contributed by atoms with Gasteiger partial charge in [0.15, 0.2) is 0 Å². The van der Waals surface area contributed by atoms with Crippen LogP contribution < -0.4 is 5.73 Å². The lowest BCUT2D eigenvalue weighted by molar-refractivity contribution is 0.0936. The lowest BCUT2D eigenvalue weighted by Crippen LogP contribution is -2.49. The monoisotopic (exact) mass is 286 g/mol. The number of nitrogens with two attached hydrogens (primary N) is 1. The smallest absolute Gasteiger partial charge is 0.142 e. The Morgan fingerprint density at radius 2 is 2.21 bits per heavy atom. The predicted molar refractivity (Wildman–Crippen MR) is 74.7 cm³/mol. The van der Waals surface area contributed by atoms with Gasteiger partial charge >= 0.3 is 0 Å². The second-order valence-corrected chi connectivity index (χ2v) is 5.72. The molecule has 0 bridgehead atoms. The van der Waals surface area contributed by atoms with Gasteiger partial charge in [-0.3, -0.25) is 0 Å². The van der Waals surface area contributed by atoms with Crippen LogP contribution in [0.5, 0.6) is 0 Å². The molecule has 1 aromatic carbocycles. The van der Waals surface area contributed by atoms with Gasteiger partial charge < -0.3 is 15.7 Å².